The number of benzene rings is 3. The first-order valence-corrected chi connectivity index (χ1v) is 13.2. The van der Waals surface area contributed by atoms with E-state index in [0.717, 1.165) is 21.3 Å². The smallest absolute Gasteiger partial charge is 0.250 e. The number of methoxy groups -OCH3 is 1. The lowest BCUT2D eigenvalue weighted by Gasteiger charge is -2.27. The Morgan fingerprint density at radius 1 is 0.974 bits per heavy atom. The number of anilines is 4. The quantitative estimate of drug-likeness (QED) is 0.189. The van der Waals surface area contributed by atoms with E-state index < -0.39 is 0 Å². The Morgan fingerprint density at radius 2 is 1.77 bits per heavy atom. The Balaban J connectivity index is 1.33. The number of nitrogens with zero attached hydrogens (tertiary/aromatic N) is 5. The molecule has 4 aromatic rings. The molecule has 1 aromatic heterocycles. The summed E-state index contributed by atoms with van der Waals surface area (Å²) in [6.45, 7) is 3.03. The van der Waals surface area contributed by atoms with Crippen LogP contribution < -0.4 is 25.1 Å². The molecule has 0 aliphatic carbocycles. The van der Waals surface area contributed by atoms with E-state index in [-0.39, 0.29) is 0 Å². The number of hydrogen-bond acceptors (Lipinski definition) is 10. The number of hydrazone groups is 1. The molecule has 11 heteroatoms. The summed E-state index contributed by atoms with van der Waals surface area (Å²) in [6, 6.07) is 23.4. The second kappa shape index (κ2) is 13.0. The van der Waals surface area contributed by atoms with Crippen molar-refractivity contribution in [2.45, 2.75) is 6.61 Å². The van der Waals surface area contributed by atoms with Crippen molar-refractivity contribution in [1.82, 2.24) is 15.0 Å². The van der Waals surface area contributed by atoms with E-state index in [1.54, 1.807) is 13.3 Å². The average Bonchev–Trinajstić information content (AvgIpc) is 2.97. The van der Waals surface area contributed by atoms with Gasteiger partial charge in [0.1, 0.15) is 6.61 Å². The molecule has 3 aromatic carbocycles. The van der Waals surface area contributed by atoms with E-state index >= 15 is 0 Å². The SMILES string of the molecule is COc1c(/C=N\Nc2nc(Nc3ccccc3)nc(N3CCOCC3)n2)cccc1OCc1cccc(Br)c1. The summed E-state index contributed by atoms with van der Waals surface area (Å²) in [5, 5.41) is 7.62. The van der Waals surface area contributed by atoms with E-state index in [0.29, 0.717) is 62.3 Å². The van der Waals surface area contributed by atoms with Gasteiger partial charge in [0, 0.05) is 28.8 Å². The van der Waals surface area contributed by atoms with Gasteiger partial charge in [0.2, 0.25) is 17.8 Å². The fourth-order valence-corrected chi connectivity index (χ4v) is 4.39. The zero-order valence-corrected chi connectivity index (χ0v) is 23.0. The van der Waals surface area contributed by atoms with Crippen LogP contribution in [0, 0.1) is 0 Å². The van der Waals surface area contributed by atoms with Gasteiger partial charge in [-0.15, -0.1) is 0 Å². The Labute approximate surface area is 235 Å². The molecular formula is C28H28BrN7O3. The molecule has 10 nitrogen and oxygen atoms in total. The lowest BCUT2D eigenvalue weighted by molar-refractivity contribution is 0.122. The van der Waals surface area contributed by atoms with Crippen molar-refractivity contribution < 1.29 is 14.2 Å². The highest BCUT2D eigenvalue weighted by atomic mass is 79.9. The molecule has 0 saturated carbocycles. The fraction of sp³-hybridized carbons (Fsp3) is 0.214. The maximum absolute atomic E-state index is 6.04. The van der Waals surface area contributed by atoms with Gasteiger partial charge in [0.15, 0.2) is 11.5 Å². The largest absolute Gasteiger partial charge is 0.492 e. The second-order valence-electron chi connectivity index (χ2n) is 8.54. The standard InChI is InChI=1S/C28H28BrN7O3/c1-37-25-21(8-6-12-24(25)39-19-20-7-5-9-22(29)17-20)18-30-35-27-32-26(31-23-10-3-2-4-11-23)33-28(34-27)36-13-15-38-16-14-36/h2-12,17-18H,13-16,19H2,1H3,(H2,31,32,33,34,35)/b30-18-. The number of morpholine rings is 1. The van der Waals surface area contributed by atoms with Gasteiger partial charge >= 0.3 is 0 Å². The van der Waals surface area contributed by atoms with Crippen molar-refractivity contribution in [3.05, 3.63) is 88.4 Å². The van der Waals surface area contributed by atoms with Gasteiger partial charge in [-0.2, -0.15) is 20.1 Å². The van der Waals surface area contributed by atoms with E-state index in [9.17, 15) is 0 Å². The number of halogens is 1. The lowest BCUT2D eigenvalue weighted by atomic mass is 10.2. The summed E-state index contributed by atoms with van der Waals surface area (Å²) in [7, 11) is 1.61. The minimum absolute atomic E-state index is 0.308. The Morgan fingerprint density at radius 3 is 2.56 bits per heavy atom. The number of hydrogen-bond donors (Lipinski definition) is 2. The zero-order chi connectivity index (χ0) is 26.9. The number of para-hydroxylation sites is 2. The molecular weight excluding hydrogens is 562 g/mol. The normalized spacial score (nSPS) is 13.3. The van der Waals surface area contributed by atoms with Crippen LogP contribution in [-0.4, -0.2) is 54.6 Å². The molecule has 0 spiro atoms. The first-order chi connectivity index (χ1) is 19.2. The summed E-state index contributed by atoms with van der Waals surface area (Å²) < 4.78 is 18.2. The van der Waals surface area contributed by atoms with E-state index in [1.165, 1.54) is 0 Å². The van der Waals surface area contributed by atoms with Crippen LogP contribution in [0.3, 0.4) is 0 Å². The Hall–Kier alpha value is -4.22. The maximum Gasteiger partial charge on any atom is 0.250 e. The van der Waals surface area contributed by atoms with Crippen LogP contribution in [0.5, 0.6) is 11.5 Å². The fourth-order valence-electron chi connectivity index (χ4n) is 3.94. The molecule has 0 unspecified atom stereocenters. The number of aromatic nitrogens is 3. The molecule has 0 atom stereocenters. The number of ether oxygens (including phenoxy) is 3. The van der Waals surface area contributed by atoms with Crippen LogP contribution in [0.25, 0.3) is 0 Å². The van der Waals surface area contributed by atoms with Crippen molar-refractivity contribution in [1.29, 1.82) is 0 Å². The third-order valence-electron chi connectivity index (χ3n) is 5.81. The molecule has 1 aliphatic heterocycles. The van der Waals surface area contributed by atoms with Gasteiger partial charge in [-0.25, -0.2) is 5.43 Å². The maximum atomic E-state index is 6.04. The zero-order valence-electron chi connectivity index (χ0n) is 21.4. The van der Waals surface area contributed by atoms with Crippen LogP contribution in [0.1, 0.15) is 11.1 Å². The molecule has 2 heterocycles. The molecule has 0 amide bonds. The van der Waals surface area contributed by atoms with Gasteiger partial charge in [0.25, 0.3) is 0 Å². The second-order valence-corrected chi connectivity index (χ2v) is 9.46. The molecule has 1 aliphatic rings. The van der Waals surface area contributed by atoms with Crippen molar-refractivity contribution in [2.24, 2.45) is 5.10 Å². The first kappa shape index (κ1) is 26.4. The van der Waals surface area contributed by atoms with Crippen molar-refractivity contribution in [2.75, 3.05) is 49.1 Å². The number of nitrogens with one attached hydrogen (secondary N) is 2. The van der Waals surface area contributed by atoms with Crippen LogP contribution in [0.4, 0.5) is 23.5 Å². The van der Waals surface area contributed by atoms with Crippen molar-refractivity contribution in [3.8, 4) is 11.5 Å². The number of rotatable bonds is 10. The van der Waals surface area contributed by atoms with Gasteiger partial charge in [-0.3, -0.25) is 0 Å². The minimum Gasteiger partial charge on any atom is -0.492 e. The topological polar surface area (TPSA) is 106 Å². The average molecular weight is 590 g/mol. The highest BCUT2D eigenvalue weighted by Gasteiger charge is 2.17. The summed E-state index contributed by atoms with van der Waals surface area (Å²) in [4.78, 5) is 15.8. The van der Waals surface area contributed by atoms with E-state index in [1.807, 2.05) is 72.8 Å². The van der Waals surface area contributed by atoms with Crippen LogP contribution in [0.15, 0.2) is 82.4 Å². The van der Waals surface area contributed by atoms with E-state index in [4.69, 9.17) is 14.2 Å². The van der Waals surface area contributed by atoms with Crippen LogP contribution in [0.2, 0.25) is 0 Å². The molecule has 200 valence electrons. The molecule has 39 heavy (non-hydrogen) atoms. The summed E-state index contributed by atoms with van der Waals surface area (Å²) in [5.41, 5.74) is 5.59. The lowest BCUT2D eigenvalue weighted by Crippen LogP contribution is -2.37. The van der Waals surface area contributed by atoms with Crippen molar-refractivity contribution in [3.63, 3.8) is 0 Å². The molecule has 0 radical (unpaired) electrons. The Kier molecular flexibility index (Phi) is 8.82. The monoisotopic (exact) mass is 589 g/mol. The molecule has 2 N–H and O–H groups in total. The van der Waals surface area contributed by atoms with E-state index in [2.05, 4.69) is 51.6 Å². The Bertz CT molecular complexity index is 1420. The van der Waals surface area contributed by atoms with Gasteiger partial charge in [-0.05, 0) is 42.0 Å². The van der Waals surface area contributed by atoms with Crippen molar-refractivity contribution >= 4 is 45.7 Å². The molecule has 0 bridgehead atoms. The summed E-state index contributed by atoms with van der Waals surface area (Å²) in [6.07, 6.45) is 1.65. The third-order valence-corrected chi connectivity index (χ3v) is 6.31. The van der Waals surface area contributed by atoms with Crippen LogP contribution >= 0.6 is 15.9 Å². The predicted molar refractivity (Wildman–Crippen MR) is 155 cm³/mol. The summed E-state index contributed by atoms with van der Waals surface area (Å²) in [5.74, 6) is 2.46. The highest BCUT2D eigenvalue weighted by Crippen LogP contribution is 2.31. The molecule has 1 saturated heterocycles. The molecule has 1 fully saturated rings. The van der Waals surface area contributed by atoms with Gasteiger partial charge < -0.3 is 24.4 Å². The molecule has 5 rings (SSSR count). The summed E-state index contributed by atoms with van der Waals surface area (Å²) >= 11 is 3.49. The third kappa shape index (κ3) is 7.21. The minimum atomic E-state index is 0.308. The predicted octanol–water partition coefficient (Wildman–Crippen LogP) is 5.25. The first-order valence-electron chi connectivity index (χ1n) is 12.4. The van der Waals surface area contributed by atoms with Gasteiger partial charge in [-0.1, -0.05) is 52.3 Å². The van der Waals surface area contributed by atoms with Gasteiger partial charge in [0.05, 0.1) is 26.5 Å². The van der Waals surface area contributed by atoms with Crippen LogP contribution in [-0.2, 0) is 11.3 Å². The highest BCUT2D eigenvalue weighted by molar-refractivity contribution is 9.10.